The highest BCUT2D eigenvalue weighted by Gasteiger charge is 2.09. The van der Waals surface area contributed by atoms with Gasteiger partial charge >= 0.3 is 0 Å². The molecule has 102 valence electrons. The maximum atomic E-state index is 9.88. The van der Waals surface area contributed by atoms with E-state index in [4.69, 9.17) is 4.74 Å². The van der Waals surface area contributed by atoms with Crippen molar-refractivity contribution in [2.24, 2.45) is 0 Å². The second-order valence-electron chi connectivity index (χ2n) is 4.62. The smallest absolute Gasteiger partial charge is 0.0914 e. The van der Waals surface area contributed by atoms with Gasteiger partial charge in [-0.25, -0.2) is 0 Å². The predicted molar refractivity (Wildman–Crippen MR) is 71.4 cm³/mol. The van der Waals surface area contributed by atoms with Gasteiger partial charge in [-0.2, -0.15) is 0 Å². The van der Waals surface area contributed by atoms with Gasteiger partial charge in [-0.1, -0.05) is 30.3 Å². The fourth-order valence-corrected chi connectivity index (χ4v) is 1.54. The van der Waals surface area contributed by atoms with Crippen LogP contribution in [0, 0.1) is 0 Å². The molecule has 0 aliphatic carbocycles. The summed E-state index contributed by atoms with van der Waals surface area (Å²) >= 11 is 0. The van der Waals surface area contributed by atoms with Gasteiger partial charge < -0.3 is 20.3 Å². The third kappa shape index (κ3) is 6.12. The molecule has 0 fully saturated rings. The van der Waals surface area contributed by atoms with Gasteiger partial charge in [-0.05, 0) is 19.4 Å². The van der Waals surface area contributed by atoms with Crippen molar-refractivity contribution in [2.75, 3.05) is 19.7 Å². The Hall–Kier alpha value is -0.940. The van der Waals surface area contributed by atoms with Crippen LogP contribution in [0.1, 0.15) is 25.5 Å². The predicted octanol–water partition coefficient (Wildman–Crippen LogP) is 1.10. The molecule has 4 nitrogen and oxygen atoms in total. The third-order valence-corrected chi connectivity index (χ3v) is 2.52. The second kappa shape index (κ2) is 8.21. The largest absolute Gasteiger partial charge is 0.389 e. The van der Waals surface area contributed by atoms with Gasteiger partial charge in [0, 0.05) is 13.1 Å². The first kappa shape index (κ1) is 15.1. The van der Waals surface area contributed by atoms with Gasteiger partial charge in [0.2, 0.25) is 0 Å². The number of aliphatic hydroxyl groups is 2. The molecule has 0 aromatic heterocycles. The molecule has 0 radical (unpaired) electrons. The van der Waals surface area contributed by atoms with E-state index in [1.807, 2.05) is 44.2 Å². The summed E-state index contributed by atoms with van der Waals surface area (Å²) in [7, 11) is 0. The van der Waals surface area contributed by atoms with Crippen molar-refractivity contribution in [3.63, 3.8) is 0 Å². The SMILES string of the molecule is CC(C)OCC(O)CNCC(O)c1ccccc1. The van der Waals surface area contributed by atoms with Crippen LogP contribution in [0.5, 0.6) is 0 Å². The molecule has 0 saturated carbocycles. The summed E-state index contributed by atoms with van der Waals surface area (Å²) in [5, 5.41) is 22.5. The monoisotopic (exact) mass is 253 g/mol. The molecule has 2 atom stereocenters. The molecule has 0 aliphatic rings. The minimum Gasteiger partial charge on any atom is -0.389 e. The van der Waals surface area contributed by atoms with E-state index in [0.29, 0.717) is 19.7 Å². The number of rotatable bonds is 8. The highest BCUT2D eigenvalue weighted by Crippen LogP contribution is 2.10. The van der Waals surface area contributed by atoms with E-state index in [-0.39, 0.29) is 6.10 Å². The lowest BCUT2D eigenvalue weighted by molar-refractivity contribution is 0.00538. The minimum atomic E-state index is -0.551. The van der Waals surface area contributed by atoms with Crippen molar-refractivity contribution in [1.82, 2.24) is 5.32 Å². The summed E-state index contributed by atoms with van der Waals surface area (Å²) in [4.78, 5) is 0. The van der Waals surface area contributed by atoms with Gasteiger partial charge in [0.1, 0.15) is 0 Å². The lowest BCUT2D eigenvalue weighted by Crippen LogP contribution is -2.33. The van der Waals surface area contributed by atoms with E-state index in [0.717, 1.165) is 5.56 Å². The van der Waals surface area contributed by atoms with Gasteiger partial charge in [0.25, 0.3) is 0 Å². The standard InChI is InChI=1S/C14H23NO3/c1-11(2)18-10-13(16)8-15-9-14(17)12-6-4-3-5-7-12/h3-7,11,13-17H,8-10H2,1-2H3. The van der Waals surface area contributed by atoms with E-state index in [9.17, 15) is 10.2 Å². The molecule has 1 aromatic rings. The van der Waals surface area contributed by atoms with Crippen molar-refractivity contribution in [2.45, 2.75) is 32.2 Å². The molecule has 0 amide bonds. The average Bonchev–Trinajstić information content (AvgIpc) is 2.37. The van der Waals surface area contributed by atoms with Crippen molar-refractivity contribution in [3.8, 4) is 0 Å². The Morgan fingerprint density at radius 1 is 1.11 bits per heavy atom. The first-order valence-electron chi connectivity index (χ1n) is 6.33. The molecule has 0 heterocycles. The molecular weight excluding hydrogens is 230 g/mol. The van der Waals surface area contributed by atoms with Crippen molar-refractivity contribution >= 4 is 0 Å². The normalized spacial score (nSPS) is 14.7. The molecule has 0 aliphatic heterocycles. The summed E-state index contributed by atoms with van der Waals surface area (Å²) in [5.74, 6) is 0. The number of ether oxygens (including phenoxy) is 1. The average molecular weight is 253 g/mol. The van der Waals surface area contributed by atoms with Crippen LogP contribution in [-0.4, -0.2) is 42.1 Å². The van der Waals surface area contributed by atoms with Crippen LogP contribution in [-0.2, 0) is 4.74 Å². The Balaban J connectivity index is 2.17. The van der Waals surface area contributed by atoms with Crippen LogP contribution < -0.4 is 5.32 Å². The topological polar surface area (TPSA) is 61.7 Å². The van der Waals surface area contributed by atoms with Crippen LogP contribution in [0.2, 0.25) is 0 Å². The maximum Gasteiger partial charge on any atom is 0.0914 e. The molecular formula is C14H23NO3. The lowest BCUT2D eigenvalue weighted by Gasteiger charge is -2.16. The first-order chi connectivity index (χ1) is 8.59. The fourth-order valence-electron chi connectivity index (χ4n) is 1.54. The minimum absolute atomic E-state index is 0.120. The summed E-state index contributed by atoms with van der Waals surface area (Å²) < 4.78 is 5.29. The van der Waals surface area contributed by atoms with Gasteiger partial charge in [-0.15, -0.1) is 0 Å². The van der Waals surface area contributed by atoms with E-state index >= 15 is 0 Å². The van der Waals surface area contributed by atoms with Crippen molar-refractivity contribution in [1.29, 1.82) is 0 Å². The van der Waals surface area contributed by atoms with Gasteiger partial charge in [-0.3, -0.25) is 0 Å². The molecule has 18 heavy (non-hydrogen) atoms. The Labute approximate surface area is 109 Å². The van der Waals surface area contributed by atoms with E-state index in [1.165, 1.54) is 0 Å². The number of nitrogens with one attached hydrogen (secondary N) is 1. The van der Waals surface area contributed by atoms with Crippen LogP contribution in [0.25, 0.3) is 0 Å². The zero-order chi connectivity index (χ0) is 13.4. The van der Waals surface area contributed by atoms with Crippen molar-refractivity contribution in [3.05, 3.63) is 35.9 Å². The molecule has 1 rings (SSSR count). The number of aliphatic hydroxyl groups excluding tert-OH is 2. The van der Waals surface area contributed by atoms with Crippen LogP contribution in [0.4, 0.5) is 0 Å². The highest BCUT2D eigenvalue weighted by atomic mass is 16.5. The zero-order valence-electron chi connectivity index (χ0n) is 11.0. The molecule has 0 spiro atoms. The summed E-state index contributed by atoms with van der Waals surface area (Å²) in [5.41, 5.74) is 0.873. The Morgan fingerprint density at radius 2 is 1.78 bits per heavy atom. The van der Waals surface area contributed by atoms with Crippen LogP contribution in [0.15, 0.2) is 30.3 Å². The van der Waals surface area contributed by atoms with E-state index in [1.54, 1.807) is 0 Å². The first-order valence-corrected chi connectivity index (χ1v) is 6.33. The highest BCUT2D eigenvalue weighted by molar-refractivity contribution is 5.17. The third-order valence-electron chi connectivity index (χ3n) is 2.52. The Morgan fingerprint density at radius 3 is 2.39 bits per heavy atom. The summed E-state index contributed by atoms with van der Waals surface area (Å²) in [6.07, 6.45) is -0.977. The molecule has 0 saturated heterocycles. The van der Waals surface area contributed by atoms with Crippen molar-refractivity contribution < 1.29 is 14.9 Å². The molecule has 2 unspecified atom stereocenters. The van der Waals surface area contributed by atoms with E-state index < -0.39 is 12.2 Å². The number of hydrogen-bond acceptors (Lipinski definition) is 4. The molecule has 3 N–H and O–H groups in total. The number of hydrogen-bond donors (Lipinski definition) is 3. The lowest BCUT2D eigenvalue weighted by atomic mass is 10.1. The summed E-state index contributed by atoms with van der Waals surface area (Å²) in [6, 6.07) is 9.46. The van der Waals surface area contributed by atoms with Crippen LogP contribution in [0.3, 0.4) is 0 Å². The zero-order valence-corrected chi connectivity index (χ0v) is 11.0. The molecule has 0 bridgehead atoms. The maximum absolute atomic E-state index is 9.88. The Bertz CT molecular complexity index is 316. The summed E-state index contributed by atoms with van der Waals surface area (Å²) in [6.45, 7) is 5.00. The molecule has 4 heteroatoms. The molecule has 1 aromatic carbocycles. The van der Waals surface area contributed by atoms with Gasteiger partial charge in [0.05, 0.1) is 24.9 Å². The van der Waals surface area contributed by atoms with Gasteiger partial charge in [0.15, 0.2) is 0 Å². The number of benzene rings is 1. The fraction of sp³-hybridized carbons (Fsp3) is 0.571. The quantitative estimate of drug-likeness (QED) is 0.649. The van der Waals surface area contributed by atoms with E-state index in [2.05, 4.69) is 5.32 Å². The van der Waals surface area contributed by atoms with Crippen LogP contribution >= 0.6 is 0 Å². The Kier molecular flexibility index (Phi) is 6.90. The second-order valence-corrected chi connectivity index (χ2v) is 4.62.